The third-order valence-corrected chi connectivity index (χ3v) is 7.96. The van der Waals surface area contributed by atoms with Crippen LogP contribution in [0.5, 0.6) is 0 Å². The van der Waals surface area contributed by atoms with Gasteiger partial charge in [0.1, 0.15) is 11.4 Å². The lowest BCUT2D eigenvalue weighted by molar-refractivity contribution is -0.122. The fraction of sp³-hybridized carbons (Fsp3) is 0.481. The van der Waals surface area contributed by atoms with Gasteiger partial charge in [-0.25, -0.2) is 4.98 Å². The van der Waals surface area contributed by atoms with Gasteiger partial charge in [0.2, 0.25) is 5.95 Å². The minimum atomic E-state index is -0.137. The smallest absolute Gasteiger partial charge is 0.253 e. The Bertz CT molecular complexity index is 1270. The van der Waals surface area contributed by atoms with Crippen molar-refractivity contribution >= 4 is 34.4 Å². The summed E-state index contributed by atoms with van der Waals surface area (Å²) in [6.45, 7) is 3.34. The van der Waals surface area contributed by atoms with Gasteiger partial charge in [0.25, 0.3) is 5.91 Å². The zero-order valence-electron chi connectivity index (χ0n) is 20.3. The first-order valence-corrected chi connectivity index (χ1v) is 12.8. The summed E-state index contributed by atoms with van der Waals surface area (Å²) in [4.78, 5) is 39.0. The highest BCUT2D eigenvalue weighted by Crippen LogP contribution is 2.44. The highest BCUT2D eigenvalue weighted by Gasteiger charge is 2.41. The molecule has 4 heterocycles. The molecule has 0 bridgehead atoms. The fourth-order valence-electron chi connectivity index (χ4n) is 6.10. The number of hydrogen-bond donors (Lipinski definition) is 1. The number of hydrogen-bond acceptors (Lipinski definition) is 6. The molecule has 0 radical (unpaired) electrons. The molecule has 8 nitrogen and oxygen atoms in total. The second-order valence-corrected chi connectivity index (χ2v) is 10.4. The zero-order chi connectivity index (χ0) is 24.0. The van der Waals surface area contributed by atoms with Crippen molar-refractivity contribution < 1.29 is 9.59 Å². The lowest BCUT2D eigenvalue weighted by Crippen LogP contribution is -2.47. The van der Waals surface area contributed by atoms with Crippen molar-refractivity contribution in [3.63, 3.8) is 0 Å². The number of benzene rings is 1. The van der Waals surface area contributed by atoms with Crippen LogP contribution in [0.4, 0.5) is 11.6 Å². The van der Waals surface area contributed by atoms with Crippen molar-refractivity contribution in [3.05, 3.63) is 47.8 Å². The Morgan fingerprint density at radius 3 is 2.51 bits per heavy atom. The van der Waals surface area contributed by atoms with Crippen LogP contribution in [-0.4, -0.2) is 69.3 Å². The molecule has 3 aliphatic rings. The highest BCUT2D eigenvalue weighted by molar-refractivity contribution is 5.94. The molecule has 1 saturated heterocycles. The highest BCUT2D eigenvalue weighted by atomic mass is 16.2. The first-order valence-electron chi connectivity index (χ1n) is 12.8. The molecule has 8 heteroatoms. The topological polar surface area (TPSA) is 83.4 Å². The molecule has 0 unspecified atom stereocenters. The molecule has 2 aromatic heterocycles. The number of Topliss-reactive ketones (excluding diaryl/α,β-unsaturated/α-hetero) is 1. The first-order chi connectivity index (χ1) is 17.0. The molecule has 1 saturated carbocycles. The van der Waals surface area contributed by atoms with Gasteiger partial charge in [-0.2, -0.15) is 4.98 Å². The summed E-state index contributed by atoms with van der Waals surface area (Å²) < 4.78 is 2.35. The van der Waals surface area contributed by atoms with Crippen molar-refractivity contribution in [1.82, 2.24) is 24.3 Å². The largest absolute Gasteiger partial charge is 0.336 e. The molecule has 3 aromatic rings. The normalized spacial score (nSPS) is 20.3. The van der Waals surface area contributed by atoms with Crippen molar-refractivity contribution in [2.75, 3.05) is 38.5 Å². The number of ketones is 1. The number of likely N-dealkylation sites (N-methyl/N-ethyl adjacent to an activating group) is 1. The van der Waals surface area contributed by atoms with Crippen LogP contribution < -0.4 is 5.32 Å². The van der Waals surface area contributed by atoms with Crippen LogP contribution in [0.15, 0.2) is 36.5 Å². The van der Waals surface area contributed by atoms with E-state index in [9.17, 15) is 9.59 Å². The van der Waals surface area contributed by atoms with Gasteiger partial charge in [-0.1, -0.05) is 19.3 Å². The number of aromatic nitrogens is 3. The Labute approximate surface area is 205 Å². The Morgan fingerprint density at radius 1 is 1.03 bits per heavy atom. The predicted molar refractivity (Wildman–Crippen MR) is 135 cm³/mol. The number of amides is 1. The fourth-order valence-corrected chi connectivity index (χ4v) is 6.10. The number of anilines is 2. The number of nitrogens with zero attached hydrogens (tertiary/aromatic N) is 5. The van der Waals surface area contributed by atoms with Gasteiger partial charge in [0.05, 0.1) is 5.54 Å². The van der Waals surface area contributed by atoms with Gasteiger partial charge in [-0.15, -0.1) is 0 Å². The van der Waals surface area contributed by atoms with Crippen LogP contribution in [0.2, 0.25) is 0 Å². The van der Waals surface area contributed by atoms with E-state index in [2.05, 4.69) is 32.9 Å². The van der Waals surface area contributed by atoms with E-state index in [1.54, 1.807) is 0 Å². The van der Waals surface area contributed by atoms with Crippen LogP contribution >= 0.6 is 0 Å². The summed E-state index contributed by atoms with van der Waals surface area (Å²) >= 11 is 0. The average Bonchev–Trinajstić information content (AvgIpc) is 3.23. The first kappa shape index (κ1) is 22.2. The number of carbonyl (C=O) groups is 2. The van der Waals surface area contributed by atoms with Crippen LogP contribution in [0.1, 0.15) is 54.6 Å². The molecular formula is C27H32N6O2. The van der Waals surface area contributed by atoms with Crippen molar-refractivity contribution in [2.24, 2.45) is 0 Å². The van der Waals surface area contributed by atoms with E-state index in [0.29, 0.717) is 30.1 Å². The van der Waals surface area contributed by atoms with E-state index >= 15 is 0 Å². The monoisotopic (exact) mass is 472 g/mol. The Hall–Kier alpha value is -3.26. The van der Waals surface area contributed by atoms with Crippen molar-refractivity contribution in [1.29, 1.82) is 0 Å². The van der Waals surface area contributed by atoms with E-state index < -0.39 is 0 Å². The number of fused-ring (bicyclic) bond motifs is 4. The molecule has 182 valence electrons. The lowest BCUT2D eigenvalue weighted by atomic mass is 9.75. The van der Waals surface area contributed by atoms with E-state index in [1.165, 1.54) is 6.42 Å². The molecule has 1 aromatic carbocycles. The maximum Gasteiger partial charge on any atom is 0.253 e. The Balaban J connectivity index is 1.25. The van der Waals surface area contributed by atoms with Gasteiger partial charge in [0.15, 0.2) is 0 Å². The van der Waals surface area contributed by atoms with Crippen molar-refractivity contribution in [2.45, 2.75) is 50.5 Å². The van der Waals surface area contributed by atoms with E-state index in [-0.39, 0.29) is 11.4 Å². The zero-order valence-corrected chi connectivity index (χ0v) is 20.3. The average molecular weight is 473 g/mol. The molecule has 2 fully saturated rings. The quantitative estimate of drug-likeness (QED) is 0.625. The number of piperazine rings is 1. The summed E-state index contributed by atoms with van der Waals surface area (Å²) in [5.74, 6) is 0.939. The molecule has 1 aliphatic carbocycles. The summed E-state index contributed by atoms with van der Waals surface area (Å²) in [6, 6.07) is 9.63. The van der Waals surface area contributed by atoms with Gasteiger partial charge in [-0.3, -0.25) is 9.59 Å². The number of rotatable bonds is 3. The summed E-state index contributed by atoms with van der Waals surface area (Å²) in [5, 5.41) is 4.29. The maximum absolute atomic E-state index is 12.8. The van der Waals surface area contributed by atoms with Gasteiger partial charge < -0.3 is 19.7 Å². The molecule has 0 atom stereocenters. The Morgan fingerprint density at radius 2 is 1.77 bits per heavy atom. The minimum Gasteiger partial charge on any atom is -0.336 e. The molecule has 1 spiro atoms. The van der Waals surface area contributed by atoms with Crippen molar-refractivity contribution in [3.8, 4) is 0 Å². The molecule has 6 rings (SSSR count). The predicted octanol–water partition coefficient (Wildman–Crippen LogP) is 3.74. The van der Waals surface area contributed by atoms with Gasteiger partial charge in [-0.05, 0) is 50.2 Å². The van der Waals surface area contributed by atoms with E-state index in [1.807, 2.05) is 35.4 Å². The third kappa shape index (κ3) is 4.10. The molecular weight excluding hydrogens is 440 g/mol. The van der Waals surface area contributed by atoms with E-state index in [0.717, 1.165) is 74.3 Å². The summed E-state index contributed by atoms with van der Waals surface area (Å²) in [7, 11) is 2.08. The number of nitrogens with one attached hydrogen (secondary N) is 1. The minimum absolute atomic E-state index is 0.0782. The van der Waals surface area contributed by atoms with Gasteiger partial charge in [0, 0.05) is 67.5 Å². The lowest BCUT2D eigenvalue weighted by Gasteiger charge is -2.42. The third-order valence-electron chi connectivity index (χ3n) is 7.96. The SMILES string of the molecule is CN1CCN(C(=O)c2ccc(Nc3ncc4cc5n(c4n3)C3(CCCCC3)CC(=O)C5)cc2)CC1. The van der Waals surface area contributed by atoms with Crippen LogP contribution in [0.3, 0.4) is 0 Å². The van der Waals surface area contributed by atoms with Gasteiger partial charge >= 0.3 is 0 Å². The second-order valence-electron chi connectivity index (χ2n) is 10.4. The second kappa shape index (κ2) is 8.75. The summed E-state index contributed by atoms with van der Waals surface area (Å²) in [5.41, 5.74) is 3.38. The van der Waals surface area contributed by atoms with Crippen LogP contribution in [0, 0.1) is 0 Å². The molecule has 35 heavy (non-hydrogen) atoms. The number of carbonyl (C=O) groups excluding carboxylic acids is 2. The standard InChI is InChI=1S/C27H32N6O2/c1-31-11-13-32(14-12-31)25(35)19-5-7-21(8-6-19)29-26-28-18-20-15-22-16-23(34)17-27(9-3-2-4-10-27)33(22)24(20)30-26/h5-8,15,18H,2-4,9-14,16-17H2,1H3,(H,28,29,30). The molecule has 2 aliphatic heterocycles. The molecule has 1 N–H and O–H groups in total. The Kier molecular flexibility index (Phi) is 5.56. The maximum atomic E-state index is 12.8. The van der Waals surface area contributed by atoms with Crippen LogP contribution in [0.25, 0.3) is 11.0 Å². The van der Waals surface area contributed by atoms with E-state index in [4.69, 9.17) is 4.98 Å². The molecule has 1 amide bonds. The van der Waals surface area contributed by atoms with Crippen LogP contribution in [-0.2, 0) is 16.8 Å². The summed E-state index contributed by atoms with van der Waals surface area (Å²) in [6.07, 6.45) is 8.55.